The molecule has 0 aliphatic carbocycles. The highest BCUT2D eigenvalue weighted by atomic mass is 32.2. The molecule has 9 nitrogen and oxygen atoms in total. The summed E-state index contributed by atoms with van der Waals surface area (Å²) in [5.41, 5.74) is 5.48. The van der Waals surface area contributed by atoms with E-state index in [1.165, 1.54) is 0 Å². The maximum atomic E-state index is 10.7. The summed E-state index contributed by atoms with van der Waals surface area (Å²) in [5, 5.41) is 4.43. The van der Waals surface area contributed by atoms with E-state index in [1.54, 1.807) is 6.33 Å². The van der Waals surface area contributed by atoms with Gasteiger partial charge in [0.05, 0.1) is 56.0 Å². The van der Waals surface area contributed by atoms with Crippen molar-refractivity contribution in [1.29, 1.82) is 0 Å². The van der Waals surface area contributed by atoms with E-state index in [4.69, 9.17) is 27.9 Å². The summed E-state index contributed by atoms with van der Waals surface area (Å²) in [6, 6.07) is 47.6. The van der Waals surface area contributed by atoms with Gasteiger partial charge in [-0.2, -0.15) is 17.7 Å². The van der Waals surface area contributed by atoms with Gasteiger partial charge in [0.1, 0.15) is 13.4 Å². The molecule has 0 N–H and O–H groups in total. The molecular weight excluding hydrogens is 726 g/mol. The van der Waals surface area contributed by atoms with Crippen LogP contribution in [0.15, 0.2) is 146 Å². The smallest absolute Gasteiger partial charge is 0.485 e. The molecule has 0 saturated heterocycles. The zero-order valence-electron chi connectivity index (χ0n) is 28.8. The molecule has 9 aromatic rings. The number of aryl methyl sites for hydroxylation is 1. The number of aromatic nitrogens is 6. The minimum atomic E-state index is -6.09. The van der Waals surface area contributed by atoms with Gasteiger partial charge in [0.2, 0.25) is 11.0 Å². The van der Waals surface area contributed by atoms with E-state index < -0.39 is 15.6 Å². The van der Waals surface area contributed by atoms with E-state index >= 15 is 0 Å². The van der Waals surface area contributed by atoms with Crippen molar-refractivity contribution in [2.45, 2.75) is 5.51 Å². The fourth-order valence-electron chi connectivity index (χ4n) is 6.69. The second-order valence-corrected chi connectivity index (χ2v) is 13.9. The largest absolute Gasteiger partial charge is 0.741 e. The van der Waals surface area contributed by atoms with E-state index in [2.05, 4.69) is 100 Å². The Hall–Kier alpha value is -6.70. The van der Waals surface area contributed by atoms with Crippen LogP contribution < -0.4 is 4.57 Å². The summed E-state index contributed by atoms with van der Waals surface area (Å²) in [6.45, 7) is 0. The number of rotatable bonds is 4. The van der Waals surface area contributed by atoms with Crippen LogP contribution in [0, 0.1) is 0 Å². The van der Waals surface area contributed by atoms with Crippen LogP contribution in [0.3, 0.4) is 0 Å². The van der Waals surface area contributed by atoms with Crippen LogP contribution in [-0.2, 0) is 17.2 Å². The average molecular weight is 753 g/mol. The number of nitrogens with zero attached hydrogens (tertiary/aromatic N) is 6. The van der Waals surface area contributed by atoms with Crippen molar-refractivity contribution in [2.75, 3.05) is 0 Å². The summed E-state index contributed by atoms with van der Waals surface area (Å²) in [5.74, 6) is 0. The molecule has 0 bridgehead atoms. The molecule has 0 saturated carbocycles. The Morgan fingerprint density at radius 3 is 1.35 bits per heavy atom. The van der Waals surface area contributed by atoms with E-state index in [1.807, 2.05) is 60.7 Å². The van der Waals surface area contributed by atoms with E-state index in [9.17, 15) is 13.2 Å². The fourth-order valence-corrected chi connectivity index (χ4v) is 6.69. The molecule has 0 aliphatic rings. The quantitative estimate of drug-likeness (QED) is 0.0756. The highest BCUT2D eigenvalue weighted by molar-refractivity contribution is 7.86. The molecule has 0 atom stereocenters. The molecule has 0 aliphatic heterocycles. The number of pyridine rings is 4. The Kier molecular flexibility index (Phi) is 8.95. The molecule has 5 heterocycles. The Morgan fingerprint density at radius 2 is 0.891 bits per heavy atom. The van der Waals surface area contributed by atoms with E-state index in [0.29, 0.717) is 0 Å². The van der Waals surface area contributed by atoms with Crippen molar-refractivity contribution < 1.29 is 30.7 Å². The van der Waals surface area contributed by atoms with Crippen LogP contribution in [0.1, 0.15) is 0 Å². The molecule has 4 aromatic carbocycles. The van der Waals surface area contributed by atoms with Gasteiger partial charge in [-0.3, -0.25) is 0 Å². The Bertz CT molecular complexity index is 2940. The lowest BCUT2D eigenvalue weighted by Crippen LogP contribution is -2.30. The van der Waals surface area contributed by atoms with Gasteiger partial charge in [-0.15, -0.1) is 0 Å². The molecule has 55 heavy (non-hydrogen) atoms. The topological polar surface area (TPSA) is 126 Å². The molecule has 0 spiro atoms. The second kappa shape index (κ2) is 13.9. The van der Waals surface area contributed by atoms with E-state index in [0.717, 1.165) is 88.9 Å². The van der Waals surface area contributed by atoms with Crippen molar-refractivity contribution in [3.8, 4) is 45.3 Å². The van der Waals surface area contributed by atoms with Gasteiger partial charge in [0.25, 0.3) is 0 Å². The van der Waals surface area contributed by atoms with Gasteiger partial charge >= 0.3 is 5.51 Å². The third-order valence-electron chi connectivity index (χ3n) is 9.14. The predicted octanol–water partition coefficient (Wildman–Crippen LogP) is 8.82. The van der Waals surface area contributed by atoms with Gasteiger partial charge in [-0.25, -0.2) is 33.3 Å². The molecule has 9 rings (SSSR count). The lowest BCUT2D eigenvalue weighted by atomic mass is 9.98. The Morgan fingerprint density at radius 1 is 0.509 bits per heavy atom. The van der Waals surface area contributed by atoms with Crippen LogP contribution in [-0.4, -0.2) is 43.4 Å². The van der Waals surface area contributed by atoms with E-state index in [-0.39, 0.29) is 0 Å². The fraction of sp³-hybridized carbons (Fsp3) is 0.0476. The van der Waals surface area contributed by atoms with Crippen LogP contribution in [0.5, 0.6) is 0 Å². The maximum Gasteiger partial charge on any atom is 0.485 e. The van der Waals surface area contributed by atoms with Crippen LogP contribution in [0.2, 0.25) is 0 Å². The average Bonchev–Trinajstić information content (AvgIpc) is 3.20. The molecule has 0 amide bonds. The molecular formula is C42H27F3N6O3S. The first kappa shape index (κ1) is 35.3. The first-order chi connectivity index (χ1) is 26.5. The highest BCUT2D eigenvalue weighted by Gasteiger charge is 2.37. The van der Waals surface area contributed by atoms with Gasteiger partial charge in [0, 0.05) is 34.0 Å². The lowest BCUT2D eigenvalue weighted by Gasteiger charge is -2.12. The van der Waals surface area contributed by atoms with Crippen LogP contribution in [0.25, 0.3) is 88.9 Å². The summed E-state index contributed by atoms with van der Waals surface area (Å²) >= 11 is 0. The number of alkyl halides is 3. The zero-order chi connectivity index (χ0) is 38.3. The first-order valence-corrected chi connectivity index (χ1v) is 18.3. The zero-order valence-corrected chi connectivity index (χ0v) is 29.6. The third kappa shape index (κ3) is 6.71. The maximum absolute atomic E-state index is 10.7. The number of fused-ring (bicyclic) bond motifs is 4. The van der Waals surface area contributed by atoms with Gasteiger partial charge in [0.15, 0.2) is 10.1 Å². The SMILES string of the molecule is C[n+]1c2ccccc2c(-c2cccc(-c3cc(-c4cccc(-c5c6ccccc6nc6ccccc56)n4)ncn3)n2)c2ccccc21.O=S(=O)([O-])C(F)(F)F. The molecule has 5 aromatic heterocycles. The third-order valence-corrected chi connectivity index (χ3v) is 9.71. The standard InChI is InChI=1S/C41H27N6.CHF3O3S/c1-47-38-22-8-4-14-28(38)41(29-15-5-9-23-39(29)47)35-21-11-19-33(46-35)37-24-36(42-25-43-37)32-18-10-20-34(45-32)40-26-12-2-6-16-30(26)44-31-17-7-3-13-27(31)40;2-1(3,4)8(5,6)7/h2-25H,1H3;(H,5,6,7)/q+1;/p-1. The number of benzene rings is 4. The lowest BCUT2D eigenvalue weighted by molar-refractivity contribution is -0.617. The molecule has 270 valence electrons. The van der Waals surface area contributed by atoms with Gasteiger partial charge in [-0.05, 0) is 54.6 Å². The van der Waals surface area contributed by atoms with Crippen LogP contribution in [0.4, 0.5) is 13.2 Å². The van der Waals surface area contributed by atoms with Gasteiger partial charge < -0.3 is 4.55 Å². The second-order valence-electron chi connectivity index (χ2n) is 12.5. The number of hydrogen-bond donors (Lipinski definition) is 0. The molecule has 0 radical (unpaired) electrons. The Labute approximate surface area is 312 Å². The van der Waals surface area contributed by atoms with Crippen molar-refractivity contribution in [3.05, 3.63) is 146 Å². The van der Waals surface area contributed by atoms with Crippen molar-refractivity contribution in [3.63, 3.8) is 0 Å². The highest BCUT2D eigenvalue weighted by Crippen LogP contribution is 2.36. The number of halogens is 3. The van der Waals surface area contributed by atoms with Crippen molar-refractivity contribution in [1.82, 2.24) is 24.9 Å². The predicted molar refractivity (Wildman–Crippen MR) is 204 cm³/mol. The van der Waals surface area contributed by atoms with Crippen molar-refractivity contribution >= 4 is 53.7 Å². The summed E-state index contributed by atoms with van der Waals surface area (Å²) in [7, 11) is -3.98. The number of para-hydroxylation sites is 4. The minimum absolute atomic E-state index is 0.731. The Balaban J connectivity index is 0.000000484. The minimum Gasteiger partial charge on any atom is -0.741 e. The summed E-state index contributed by atoms with van der Waals surface area (Å²) in [4.78, 5) is 24.5. The number of hydrogen-bond acceptors (Lipinski definition) is 8. The summed E-state index contributed by atoms with van der Waals surface area (Å²) < 4.78 is 61.1. The normalized spacial score (nSPS) is 11.9. The van der Waals surface area contributed by atoms with Crippen molar-refractivity contribution in [2.24, 2.45) is 7.05 Å². The first-order valence-electron chi connectivity index (χ1n) is 16.8. The summed E-state index contributed by atoms with van der Waals surface area (Å²) in [6.07, 6.45) is 1.60. The molecule has 0 fully saturated rings. The molecule has 0 unspecified atom stereocenters. The van der Waals surface area contributed by atoms with Crippen LogP contribution >= 0.6 is 0 Å². The van der Waals surface area contributed by atoms with Gasteiger partial charge in [-0.1, -0.05) is 72.8 Å². The monoisotopic (exact) mass is 752 g/mol. The molecule has 13 heteroatoms.